The Kier molecular flexibility index (Phi) is 2.30. The molecule has 0 saturated heterocycles. The summed E-state index contributed by atoms with van der Waals surface area (Å²) in [6.45, 7) is 3.45. The maximum absolute atomic E-state index is 10.9. The molecule has 0 aromatic heterocycles. The molecule has 2 fully saturated rings. The lowest BCUT2D eigenvalue weighted by molar-refractivity contribution is -0.161. The number of hydrogen-bond donors (Lipinski definition) is 1. The van der Waals surface area contributed by atoms with Crippen LogP contribution >= 0.6 is 0 Å². The Morgan fingerprint density at radius 2 is 2.14 bits per heavy atom. The largest absolute Gasteiger partial charge is 0.460 e. The number of ether oxygens (including phenoxy) is 1. The van der Waals surface area contributed by atoms with Crippen LogP contribution in [0.15, 0.2) is 0 Å². The van der Waals surface area contributed by atoms with Gasteiger partial charge >= 0.3 is 5.97 Å². The lowest BCUT2D eigenvalue weighted by Gasteiger charge is -2.36. The fourth-order valence-corrected chi connectivity index (χ4v) is 3.28. The number of aliphatic hydroxyl groups excluding tert-OH is 1. The second kappa shape index (κ2) is 3.23. The zero-order valence-electron chi connectivity index (χ0n) is 8.82. The molecular weight excluding hydrogens is 180 g/mol. The van der Waals surface area contributed by atoms with E-state index >= 15 is 0 Å². The molecule has 0 radical (unpaired) electrons. The van der Waals surface area contributed by atoms with Crippen LogP contribution in [0.5, 0.6) is 0 Å². The number of carbonyl (C=O) groups excluding carboxylic acids is 1. The van der Waals surface area contributed by atoms with Gasteiger partial charge in [0.2, 0.25) is 0 Å². The molecule has 0 aromatic rings. The maximum atomic E-state index is 10.9. The first-order valence-electron chi connectivity index (χ1n) is 5.36. The summed E-state index contributed by atoms with van der Waals surface area (Å²) >= 11 is 0. The molecule has 0 spiro atoms. The van der Waals surface area contributed by atoms with E-state index in [1.807, 2.05) is 6.92 Å². The average molecular weight is 198 g/mol. The molecule has 3 heteroatoms. The fraction of sp³-hybridized carbons (Fsp3) is 0.909. The SMILES string of the molecule is CC(=O)OC1(C)CC2CC(O)C(C2)C1. The third-order valence-corrected chi connectivity index (χ3v) is 3.56. The van der Waals surface area contributed by atoms with Crippen LogP contribution in [0.25, 0.3) is 0 Å². The smallest absolute Gasteiger partial charge is 0.303 e. The topological polar surface area (TPSA) is 46.5 Å². The van der Waals surface area contributed by atoms with E-state index in [4.69, 9.17) is 4.74 Å². The quantitative estimate of drug-likeness (QED) is 0.649. The molecule has 80 valence electrons. The first kappa shape index (κ1) is 9.97. The molecule has 1 N–H and O–H groups in total. The van der Waals surface area contributed by atoms with Crippen LogP contribution in [0, 0.1) is 11.8 Å². The van der Waals surface area contributed by atoms with Gasteiger partial charge in [-0.1, -0.05) is 0 Å². The zero-order chi connectivity index (χ0) is 10.3. The van der Waals surface area contributed by atoms with E-state index in [1.54, 1.807) is 0 Å². The highest BCUT2D eigenvalue weighted by atomic mass is 16.6. The predicted molar refractivity (Wildman–Crippen MR) is 51.6 cm³/mol. The summed E-state index contributed by atoms with van der Waals surface area (Å²) in [5.74, 6) is 0.689. The van der Waals surface area contributed by atoms with Crippen LogP contribution < -0.4 is 0 Å². The maximum Gasteiger partial charge on any atom is 0.303 e. The van der Waals surface area contributed by atoms with E-state index in [0.717, 1.165) is 25.7 Å². The minimum Gasteiger partial charge on any atom is -0.460 e. The Bertz CT molecular complexity index is 249. The standard InChI is InChI=1S/C11H18O3/c1-7(12)14-11(2)5-8-3-9(6-11)10(13)4-8/h8-10,13H,3-6H2,1-2H3. The van der Waals surface area contributed by atoms with E-state index in [1.165, 1.54) is 6.92 Å². The molecule has 0 amide bonds. The van der Waals surface area contributed by atoms with Gasteiger partial charge in [0, 0.05) is 6.92 Å². The van der Waals surface area contributed by atoms with Gasteiger partial charge in [-0.15, -0.1) is 0 Å². The van der Waals surface area contributed by atoms with Crippen molar-refractivity contribution in [3.63, 3.8) is 0 Å². The van der Waals surface area contributed by atoms with Gasteiger partial charge in [-0.05, 0) is 44.4 Å². The first-order chi connectivity index (χ1) is 6.48. The number of rotatable bonds is 1. The van der Waals surface area contributed by atoms with Crippen LogP contribution in [0.4, 0.5) is 0 Å². The summed E-state index contributed by atoms with van der Waals surface area (Å²) in [5.41, 5.74) is -0.323. The normalized spacial score (nSPS) is 46.4. The van der Waals surface area contributed by atoms with Gasteiger partial charge < -0.3 is 9.84 Å². The Hall–Kier alpha value is -0.570. The Morgan fingerprint density at radius 1 is 1.43 bits per heavy atom. The second-order valence-electron chi connectivity index (χ2n) is 5.12. The van der Waals surface area contributed by atoms with Crippen LogP contribution in [-0.2, 0) is 9.53 Å². The van der Waals surface area contributed by atoms with Crippen LogP contribution in [0.1, 0.15) is 39.5 Å². The highest BCUT2D eigenvalue weighted by Crippen LogP contribution is 2.47. The minimum atomic E-state index is -0.323. The monoisotopic (exact) mass is 198 g/mol. The molecule has 2 aliphatic rings. The van der Waals surface area contributed by atoms with E-state index in [2.05, 4.69) is 0 Å². The number of carbonyl (C=O) groups is 1. The molecule has 4 atom stereocenters. The third kappa shape index (κ3) is 1.78. The molecule has 2 aliphatic carbocycles. The lowest BCUT2D eigenvalue weighted by Crippen LogP contribution is -2.38. The van der Waals surface area contributed by atoms with Gasteiger partial charge in [-0.3, -0.25) is 4.79 Å². The zero-order valence-corrected chi connectivity index (χ0v) is 8.82. The van der Waals surface area contributed by atoms with E-state index in [0.29, 0.717) is 11.8 Å². The average Bonchev–Trinajstić information content (AvgIpc) is 2.23. The molecule has 0 heterocycles. The summed E-state index contributed by atoms with van der Waals surface area (Å²) in [5, 5.41) is 9.73. The highest BCUT2D eigenvalue weighted by Gasteiger charge is 2.47. The Morgan fingerprint density at radius 3 is 2.71 bits per heavy atom. The van der Waals surface area contributed by atoms with Crippen molar-refractivity contribution in [1.82, 2.24) is 0 Å². The minimum absolute atomic E-state index is 0.169. The van der Waals surface area contributed by atoms with Crippen molar-refractivity contribution in [2.24, 2.45) is 11.8 Å². The summed E-state index contributed by atoms with van der Waals surface area (Å²) < 4.78 is 5.36. The third-order valence-electron chi connectivity index (χ3n) is 3.56. The molecule has 0 aromatic carbocycles. The number of aliphatic hydroxyl groups is 1. The van der Waals surface area contributed by atoms with Crippen molar-refractivity contribution in [1.29, 1.82) is 0 Å². The fourth-order valence-electron chi connectivity index (χ4n) is 3.28. The molecule has 3 nitrogen and oxygen atoms in total. The van der Waals surface area contributed by atoms with Gasteiger partial charge in [-0.2, -0.15) is 0 Å². The molecule has 2 saturated carbocycles. The lowest BCUT2D eigenvalue weighted by atomic mass is 9.78. The van der Waals surface area contributed by atoms with Gasteiger partial charge in [0.15, 0.2) is 0 Å². The van der Waals surface area contributed by atoms with Gasteiger partial charge in [0.1, 0.15) is 5.60 Å². The molecule has 2 rings (SSSR count). The molecule has 4 unspecified atom stereocenters. The summed E-state index contributed by atoms with van der Waals surface area (Å²) in [6.07, 6.45) is 3.57. The van der Waals surface area contributed by atoms with Crippen LogP contribution in [0.3, 0.4) is 0 Å². The van der Waals surface area contributed by atoms with Crippen LogP contribution in [0.2, 0.25) is 0 Å². The van der Waals surface area contributed by atoms with E-state index in [-0.39, 0.29) is 17.7 Å². The van der Waals surface area contributed by atoms with Crippen LogP contribution in [-0.4, -0.2) is 22.8 Å². The molecule has 2 bridgehead atoms. The number of hydrogen-bond acceptors (Lipinski definition) is 3. The number of fused-ring (bicyclic) bond motifs is 2. The van der Waals surface area contributed by atoms with Crippen molar-refractivity contribution >= 4 is 5.97 Å². The van der Waals surface area contributed by atoms with Crippen molar-refractivity contribution in [2.75, 3.05) is 0 Å². The van der Waals surface area contributed by atoms with Gasteiger partial charge in [0.05, 0.1) is 6.10 Å². The second-order valence-corrected chi connectivity index (χ2v) is 5.12. The first-order valence-corrected chi connectivity index (χ1v) is 5.36. The molecular formula is C11H18O3. The predicted octanol–water partition coefficient (Wildman–Crippen LogP) is 1.49. The molecule has 0 aliphatic heterocycles. The van der Waals surface area contributed by atoms with Gasteiger partial charge in [-0.25, -0.2) is 0 Å². The number of esters is 1. The van der Waals surface area contributed by atoms with Crippen molar-refractivity contribution in [3.8, 4) is 0 Å². The van der Waals surface area contributed by atoms with Crippen molar-refractivity contribution in [2.45, 2.75) is 51.2 Å². The molecule has 14 heavy (non-hydrogen) atoms. The van der Waals surface area contributed by atoms with Gasteiger partial charge in [0.25, 0.3) is 0 Å². The van der Waals surface area contributed by atoms with E-state index < -0.39 is 0 Å². The summed E-state index contributed by atoms with van der Waals surface area (Å²) in [6, 6.07) is 0. The van der Waals surface area contributed by atoms with Crippen molar-refractivity contribution in [3.05, 3.63) is 0 Å². The highest BCUT2D eigenvalue weighted by molar-refractivity contribution is 5.66. The summed E-state index contributed by atoms with van der Waals surface area (Å²) in [7, 11) is 0. The Labute approximate surface area is 84.4 Å². The van der Waals surface area contributed by atoms with Crippen molar-refractivity contribution < 1.29 is 14.6 Å². The van der Waals surface area contributed by atoms with E-state index in [9.17, 15) is 9.90 Å². The summed E-state index contributed by atoms with van der Waals surface area (Å²) in [4.78, 5) is 10.9. The Balaban J connectivity index is 2.06.